The van der Waals surface area contributed by atoms with Gasteiger partial charge in [0.15, 0.2) is 5.58 Å². The van der Waals surface area contributed by atoms with Gasteiger partial charge < -0.3 is 4.42 Å². The highest BCUT2D eigenvalue weighted by Crippen LogP contribution is 2.11. The average Bonchev–Trinajstić information content (AvgIpc) is 2.93. The molecular weight excluding hydrogens is 322 g/mol. The third kappa shape index (κ3) is 3.77. The van der Waals surface area contributed by atoms with Gasteiger partial charge in [-0.25, -0.2) is 4.79 Å². The van der Waals surface area contributed by atoms with Crippen LogP contribution >= 0.6 is 0 Å². The van der Waals surface area contributed by atoms with Gasteiger partial charge in [0.2, 0.25) is 5.91 Å². The van der Waals surface area contributed by atoms with Crippen LogP contribution in [-0.4, -0.2) is 16.4 Å². The van der Waals surface area contributed by atoms with Gasteiger partial charge in [-0.1, -0.05) is 29.8 Å². The first-order valence-electron chi connectivity index (χ1n) is 7.79. The number of nitrogens with zero attached hydrogens (tertiary/aromatic N) is 1. The highest BCUT2D eigenvalue weighted by molar-refractivity contribution is 5.95. The van der Waals surface area contributed by atoms with E-state index in [9.17, 15) is 14.4 Å². The summed E-state index contributed by atoms with van der Waals surface area (Å²) < 4.78 is 6.49. The molecular formula is C18H17N3O4. The SMILES string of the molecule is Cc1ccc(C(=O)NNC(=O)CCn2c(=O)oc3ccccc32)cc1. The summed E-state index contributed by atoms with van der Waals surface area (Å²) in [6.45, 7) is 2.08. The van der Waals surface area contributed by atoms with Crippen molar-refractivity contribution in [1.82, 2.24) is 15.4 Å². The number of carbonyl (C=O) groups excluding carboxylic acids is 2. The van der Waals surface area contributed by atoms with Crippen molar-refractivity contribution < 1.29 is 14.0 Å². The van der Waals surface area contributed by atoms with Gasteiger partial charge in [-0.2, -0.15) is 0 Å². The lowest BCUT2D eigenvalue weighted by Crippen LogP contribution is -2.42. The van der Waals surface area contributed by atoms with E-state index in [1.54, 1.807) is 36.4 Å². The number of hydrogen-bond donors (Lipinski definition) is 2. The van der Waals surface area contributed by atoms with E-state index >= 15 is 0 Å². The lowest BCUT2D eigenvalue weighted by Gasteiger charge is -2.08. The van der Waals surface area contributed by atoms with Crippen LogP contribution in [0.5, 0.6) is 0 Å². The maximum atomic E-state index is 11.9. The van der Waals surface area contributed by atoms with E-state index in [2.05, 4.69) is 10.9 Å². The van der Waals surface area contributed by atoms with E-state index in [1.807, 2.05) is 19.1 Å². The molecule has 0 unspecified atom stereocenters. The molecule has 1 heterocycles. The predicted octanol–water partition coefficient (Wildman–Crippen LogP) is 1.75. The summed E-state index contributed by atoms with van der Waals surface area (Å²) in [5.74, 6) is -1.32. The minimum absolute atomic E-state index is 0.0254. The summed E-state index contributed by atoms with van der Waals surface area (Å²) in [6, 6.07) is 14.0. The molecule has 2 N–H and O–H groups in total. The second-order valence-electron chi connectivity index (χ2n) is 5.61. The third-order valence-electron chi connectivity index (χ3n) is 3.77. The molecule has 0 fully saturated rings. The molecule has 1 aromatic heterocycles. The Morgan fingerprint density at radius 2 is 1.76 bits per heavy atom. The highest BCUT2D eigenvalue weighted by Gasteiger charge is 2.11. The van der Waals surface area contributed by atoms with Crippen LogP contribution in [0.25, 0.3) is 11.1 Å². The molecule has 3 aromatic rings. The quantitative estimate of drug-likeness (QED) is 0.708. The van der Waals surface area contributed by atoms with Crippen LogP contribution in [0.15, 0.2) is 57.7 Å². The monoisotopic (exact) mass is 339 g/mol. The molecule has 0 bridgehead atoms. The van der Waals surface area contributed by atoms with Gasteiger partial charge in [-0.15, -0.1) is 0 Å². The van der Waals surface area contributed by atoms with Crippen molar-refractivity contribution in [3.63, 3.8) is 0 Å². The van der Waals surface area contributed by atoms with E-state index < -0.39 is 17.6 Å². The molecule has 7 nitrogen and oxygen atoms in total. The van der Waals surface area contributed by atoms with Gasteiger partial charge in [0.05, 0.1) is 5.52 Å². The molecule has 0 spiro atoms. The van der Waals surface area contributed by atoms with Crippen molar-refractivity contribution in [1.29, 1.82) is 0 Å². The van der Waals surface area contributed by atoms with Crippen molar-refractivity contribution in [2.75, 3.05) is 0 Å². The molecule has 2 amide bonds. The summed E-state index contributed by atoms with van der Waals surface area (Å²) in [5.41, 5.74) is 7.28. The number of carbonyl (C=O) groups is 2. The minimum Gasteiger partial charge on any atom is -0.408 e. The zero-order valence-electron chi connectivity index (χ0n) is 13.6. The normalized spacial score (nSPS) is 10.6. The standard InChI is InChI=1S/C18H17N3O4/c1-12-6-8-13(9-7-12)17(23)20-19-16(22)10-11-21-14-4-2-3-5-15(14)25-18(21)24/h2-9H,10-11H2,1H3,(H,19,22)(H,20,23). The number of amides is 2. The molecule has 0 aliphatic carbocycles. The van der Waals surface area contributed by atoms with Crippen molar-refractivity contribution >= 4 is 22.9 Å². The summed E-state index contributed by atoms with van der Waals surface area (Å²) in [7, 11) is 0. The molecule has 128 valence electrons. The van der Waals surface area contributed by atoms with Crippen LogP contribution in [0.2, 0.25) is 0 Å². The number of aromatic nitrogens is 1. The lowest BCUT2D eigenvalue weighted by atomic mass is 10.1. The van der Waals surface area contributed by atoms with Crippen LogP contribution in [0.3, 0.4) is 0 Å². The first-order chi connectivity index (χ1) is 12.0. The number of rotatable bonds is 4. The maximum Gasteiger partial charge on any atom is 0.419 e. The molecule has 0 aliphatic rings. The fourth-order valence-corrected chi connectivity index (χ4v) is 2.41. The molecule has 0 saturated carbocycles. The first-order valence-corrected chi connectivity index (χ1v) is 7.79. The van der Waals surface area contributed by atoms with Crippen LogP contribution < -0.4 is 16.6 Å². The van der Waals surface area contributed by atoms with Crippen LogP contribution in [0, 0.1) is 6.92 Å². The predicted molar refractivity (Wildman–Crippen MR) is 91.9 cm³/mol. The van der Waals surface area contributed by atoms with E-state index in [0.717, 1.165) is 5.56 Å². The largest absolute Gasteiger partial charge is 0.419 e. The van der Waals surface area contributed by atoms with Crippen molar-refractivity contribution in [3.8, 4) is 0 Å². The van der Waals surface area contributed by atoms with Crippen LogP contribution in [0.4, 0.5) is 0 Å². The molecule has 2 aromatic carbocycles. The van der Waals surface area contributed by atoms with E-state index in [4.69, 9.17) is 4.42 Å². The second kappa shape index (κ2) is 7.04. The first kappa shape index (κ1) is 16.5. The van der Waals surface area contributed by atoms with Gasteiger partial charge in [0, 0.05) is 18.5 Å². The Morgan fingerprint density at radius 3 is 2.52 bits per heavy atom. The number of oxazole rings is 1. The number of benzene rings is 2. The number of hydrogen-bond acceptors (Lipinski definition) is 4. The Kier molecular flexibility index (Phi) is 4.65. The fraction of sp³-hybridized carbons (Fsp3) is 0.167. The lowest BCUT2D eigenvalue weighted by molar-refractivity contribution is -0.122. The molecule has 3 rings (SSSR count). The topological polar surface area (TPSA) is 93.3 Å². The Balaban J connectivity index is 1.56. The third-order valence-corrected chi connectivity index (χ3v) is 3.77. The minimum atomic E-state index is -0.516. The maximum absolute atomic E-state index is 11.9. The fourth-order valence-electron chi connectivity index (χ4n) is 2.41. The smallest absolute Gasteiger partial charge is 0.408 e. The van der Waals surface area contributed by atoms with Gasteiger partial charge >= 0.3 is 5.76 Å². The van der Waals surface area contributed by atoms with Gasteiger partial charge in [0.25, 0.3) is 5.91 Å². The van der Waals surface area contributed by atoms with Gasteiger partial charge in [-0.3, -0.25) is 25.0 Å². The molecule has 7 heteroatoms. The summed E-state index contributed by atoms with van der Waals surface area (Å²) in [4.78, 5) is 35.7. The van der Waals surface area contributed by atoms with E-state index in [1.165, 1.54) is 4.57 Å². The summed E-state index contributed by atoms with van der Waals surface area (Å²) in [6.07, 6.45) is 0.0254. The highest BCUT2D eigenvalue weighted by atomic mass is 16.4. The van der Waals surface area contributed by atoms with E-state index in [0.29, 0.717) is 16.7 Å². The molecule has 0 saturated heterocycles. The van der Waals surface area contributed by atoms with Crippen LogP contribution in [-0.2, 0) is 11.3 Å². The number of aryl methyl sites for hydroxylation is 2. The zero-order valence-corrected chi connectivity index (χ0v) is 13.6. The Labute approximate surface area is 143 Å². The molecule has 0 radical (unpaired) electrons. The molecule has 0 atom stereocenters. The number of nitrogens with one attached hydrogen (secondary N) is 2. The molecule has 0 aliphatic heterocycles. The number of fused-ring (bicyclic) bond motifs is 1. The Hall–Kier alpha value is -3.35. The van der Waals surface area contributed by atoms with E-state index in [-0.39, 0.29) is 13.0 Å². The summed E-state index contributed by atoms with van der Waals surface area (Å²) in [5, 5.41) is 0. The second-order valence-corrected chi connectivity index (χ2v) is 5.61. The zero-order chi connectivity index (χ0) is 17.8. The number of para-hydroxylation sites is 2. The van der Waals surface area contributed by atoms with Crippen molar-refractivity contribution in [2.45, 2.75) is 19.9 Å². The summed E-state index contributed by atoms with van der Waals surface area (Å²) >= 11 is 0. The molecule has 25 heavy (non-hydrogen) atoms. The van der Waals surface area contributed by atoms with Crippen molar-refractivity contribution in [3.05, 3.63) is 70.2 Å². The average molecular weight is 339 g/mol. The number of hydrazine groups is 1. The van der Waals surface area contributed by atoms with Gasteiger partial charge in [0.1, 0.15) is 0 Å². The Bertz CT molecular complexity index is 970. The van der Waals surface area contributed by atoms with Crippen molar-refractivity contribution in [2.24, 2.45) is 0 Å². The Morgan fingerprint density at radius 1 is 1.04 bits per heavy atom. The van der Waals surface area contributed by atoms with Gasteiger partial charge in [-0.05, 0) is 31.2 Å². The van der Waals surface area contributed by atoms with Crippen LogP contribution in [0.1, 0.15) is 22.3 Å².